The van der Waals surface area contributed by atoms with E-state index in [4.69, 9.17) is 44.3 Å². The number of fused-ring (bicyclic) bond motifs is 1. The summed E-state index contributed by atoms with van der Waals surface area (Å²) in [6.45, 7) is 0.706. The summed E-state index contributed by atoms with van der Waals surface area (Å²) in [4.78, 5) is 23.9. The molecular formula is C25H20Cl3NO5. The molecule has 2 N–H and O–H groups in total. The first-order chi connectivity index (χ1) is 16.3. The molecule has 4 rings (SSSR count). The van der Waals surface area contributed by atoms with Crippen molar-refractivity contribution < 1.29 is 24.2 Å². The van der Waals surface area contributed by atoms with Crippen molar-refractivity contribution in [3.8, 4) is 17.2 Å². The number of carbonyl (C=O) groups excluding carboxylic acids is 1. The van der Waals surface area contributed by atoms with Crippen LogP contribution in [0.1, 0.15) is 33.8 Å². The minimum atomic E-state index is -0.918. The second kappa shape index (κ2) is 10.6. The largest absolute Gasteiger partial charge is 0.493 e. The first kappa shape index (κ1) is 24.2. The molecule has 3 aromatic rings. The average molecular weight is 521 g/mol. The number of hydrogen-bond donors (Lipinski definition) is 2. The fraction of sp³-hybridized carbons (Fsp3) is 0.200. The highest BCUT2D eigenvalue weighted by atomic mass is 35.5. The van der Waals surface area contributed by atoms with E-state index in [1.54, 1.807) is 42.5 Å². The first-order valence-corrected chi connectivity index (χ1v) is 11.6. The molecule has 3 aromatic carbocycles. The van der Waals surface area contributed by atoms with Crippen LogP contribution in [0.15, 0.2) is 54.6 Å². The number of amides is 1. The summed E-state index contributed by atoms with van der Waals surface area (Å²) in [6.07, 6.45) is 0.933. The van der Waals surface area contributed by atoms with Gasteiger partial charge in [0.25, 0.3) is 5.91 Å². The highest BCUT2D eigenvalue weighted by Gasteiger charge is 2.29. The zero-order chi connectivity index (χ0) is 24.2. The van der Waals surface area contributed by atoms with Crippen LogP contribution >= 0.6 is 34.8 Å². The number of ether oxygens (including phenoxy) is 2. The van der Waals surface area contributed by atoms with Gasteiger partial charge in [-0.05, 0) is 54.8 Å². The molecule has 0 fully saturated rings. The summed E-state index contributed by atoms with van der Waals surface area (Å²) in [7, 11) is 0. The number of aliphatic carboxylic acids is 1. The maximum atomic E-state index is 12.5. The molecule has 34 heavy (non-hydrogen) atoms. The number of halogens is 3. The van der Waals surface area contributed by atoms with Crippen molar-refractivity contribution in [2.24, 2.45) is 0 Å². The lowest BCUT2D eigenvalue weighted by molar-refractivity contribution is -0.139. The molecule has 0 saturated carbocycles. The number of carboxylic acids is 1. The molecule has 1 atom stereocenters. The van der Waals surface area contributed by atoms with Gasteiger partial charge in [-0.3, -0.25) is 9.59 Å². The van der Waals surface area contributed by atoms with Crippen molar-refractivity contribution in [1.82, 2.24) is 5.32 Å². The van der Waals surface area contributed by atoms with Gasteiger partial charge in [0, 0.05) is 23.7 Å². The number of carboxylic acid groups (broad SMARTS) is 1. The Labute approximate surface area is 211 Å². The summed E-state index contributed by atoms with van der Waals surface area (Å²) >= 11 is 18.5. The lowest BCUT2D eigenvalue weighted by atomic mass is 9.93. The number of rotatable bonds is 7. The molecule has 6 nitrogen and oxygen atoms in total. The fourth-order valence-electron chi connectivity index (χ4n) is 3.68. The van der Waals surface area contributed by atoms with E-state index in [0.717, 1.165) is 5.56 Å². The number of benzene rings is 3. The van der Waals surface area contributed by atoms with Crippen LogP contribution in [0, 0.1) is 0 Å². The van der Waals surface area contributed by atoms with Crippen molar-refractivity contribution in [3.05, 3.63) is 86.4 Å². The Kier molecular flexibility index (Phi) is 7.51. The third kappa shape index (κ3) is 5.41. The second-order valence-electron chi connectivity index (χ2n) is 7.69. The molecule has 1 heterocycles. The first-order valence-electron chi connectivity index (χ1n) is 10.5. The van der Waals surface area contributed by atoms with E-state index in [1.165, 1.54) is 0 Å². The zero-order valence-electron chi connectivity index (χ0n) is 17.8. The molecule has 1 amide bonds. The lowest BCUT2D eigenvalue weighted by Crippen LogP contribution is -2.25. The number of nitrogens with one attached hydrogen (secondary N) is 1. The van der Waals surface area contributed by atoms with Crippen molar-refractivity contribution in [2.45, 2.75) is 18.8 Å². The molecule has 9 heteroatoms. The second-order valence-corrected chi connectivity index (χ2v) is 8.89. The highest BCUT2D eigenvalue weighted by Crippen LogP contribution is 2.41. The summed E-state index contributed by atoms with van der Waals surface area (Å²) in [6, 6.07) is 15.1. The van der Waals surface area contributed by atoms with E-state index in [-0.39, 0.29) is 10.9 Å². The van der Waals surface area contributed by atoms with Crippen LogP contribution in [0.3, 0.4) is 0 Å². The maximum absolute atomic E-state index is 12.5. The Balaban J connectivity index is 1.38. The summed E-state index contributed by atoms with van der Waals surface area (Å²) in [5.41, 5.74) is 1.86. The lowest BCUT2D eigenvalue weighted by Gasteiger charge is -2.24. The minimum Gasteiger partial charge on any atom is -0.493 e. The molecule has 0 radical (unpaired) electrons. The van der Waals surface area contributed by atoms with Crippen LogP contribution in [0.25, 0.3) is 0 Å². The van der Waals surface area contributed by atoms with Gasteiger partial charge in [-0.25, -0.2) is 0 Å². The van der Waals surface area contributed by atoms with Crippen molar-refractivity contribution in [2.75, 3.05) is 13.2 Å². The number of hydrogen-bond acceptors (Lipinski definition) is 4. The van der Waals surface area contributed by atoms with Crippen LogP contribution in [0.4, 0.5) is 0 Å². The van der Waals surface area contributed by atoms with E-state index in [9.17, 15) is 14.7 Å². The third-order valence-corrected chi connectivity index (χ3v) is 6.61. The SMILES string of the molecule is O=C(NCCc1cccc(Cl)c1Cl)c1ccc(Oc2cc3c(cc2Cl)C(C(=O)O)CCO3)cc1. The number of carbonyl (C=O) groups is 2. The molecule has 0 aromatic heterocycles. The van der Waals surface area contributed by atoms with Crippen molar-refractivity contribution in [3.63, 3.8) is 0 Å². The van der Waals surface area contributed by atoms with Crippen LogP contribution in [-0.4, -0.2) is 30.1 Å². The predicted octanol–water partition coefficient (Wildman–Crippen LogP) is 6.36. The zero-order valence-corrected chi connectivity index (χ0v) is 20.1. The van der Waals surface area contributed by atoms with Crippen LogP contribution < -0.4 is 14.8 Å². The molecule has 0 spiro atoms. The highest BCUT2D eigenvalue weighted by molar-refractivity contribution is 6.42. The quantitative estimate of drug-likeness (QED) is 0.378. The van der Waals surface area contributed by atoms with Gasteiger partial charge in [0.15, 0.2) is 0 Å². The van der Waals surface area contributed by atoms with E-state index >= 15 is 0 Å². The van der Waals surface area contributed by atoms with Gasteiger partial charge in [0.05, 0.1) is 27.6 Å². The van der Waals surface area contributed by atoms with Gasteiger partial charge >= 0.3 is 5.97 Å². The van der Waals surface area contributed by atoms with Gasteiger partial charge in [-0.1, -0.05) is 46.9 Å². The van der Waals surface area contributed by atoms with Crippen LogP contribution in [-0.2, 0) is 11.2 Å². The summed E-state index contributed by atoms with van der Waals surface area (Å²) < 4.78 is 11.5. The summed E-state index contributed by atoms with van der Waals surface area (Å²) in [5, 5.41) is 13.5. The van der Waals surface area contributed by atoms with Crippen LogP contribution in [0.2, 0.25) is 15.1 Å². The van der Waals surface area contributed by atoms with Crippen molar-refractivity contribution in [1.29, 1.82) is 0 Å². The van der Waals surface area contributed by atoms with Gasteiger partial charge < -0.3 is 19.9 Å². The normalized spacial score (nSPS) is 14.6. The van der Waals surface area contributed by atoms with E-state index in [2.05, 4.69) is 5.32 Å². The Hall–Kier alpha value is -2.93. The summed E-state index contributed by atoms with van der Waals surface area (Å²) in [5.74, 6) is -0.572. The van der Waals surface area contributed by atoms with Gasteiger partial charge in [0.1, 0.15) is 17.2 Å². The molecule has 0 saturated heterocycles. The van der Waals surface area contributed by atoms with Gasteiger partial charge in [-0.15, -0.1) is 0 Å². The molecule has 176 valence electrons. The molecule has 1 unspecified atom stereocenters. The molecule has 1 aliphatic rings. The van der Waals surface area contributed by atoms with Crippen LogP contribution in [0.5, 0.6) is 17.2 Å². The monoisotopic (exact) mass is 519 g/mol. The fourth-order valence-corrected chi connectivity index (χ4v) is 4.31. The van der Waals surface area contributed by atoms with E-state index in [1.807, 2.05) is 12.1 Å². The molecule has 0 bridgehead atoms. The van der Waals surface area contributed by atoms with Gasteiger partial charge in [0.2, 0.25) is 0 Å². The Bertz CT molecular complexity index is 1230. The topological polar surface area (TPSA) is 84.9 Å². The Morgan fingerprint density at radius 2 is 1.82 bits per heavy atom. The molecular weight excluding hydrogens is 501 g/mol. The van der Waals surface area contributed by atoms with E-state index < -0.39 is 11.9 Å². The van der Waals surface area contributed by atoms with E-state index in [0.29, 0.717) is 64.4 Å². The molecule has 0 aliphatic carbocycles. The third-order valence-electron chi connectivity index (χ3n) is 5.46. The standard InChI is InChI=1S/C25H20Cl3NO5/c26-19-3-1-2-14(23(19)28)8-10-29-24(30)15-4-6-16(7-5-15)34-22-13-21-18(12-20(22)27)17(25(31)32)9-11-33-21/h1-7,12-13,17H,8-11H2,(H,29,30)(H,31,32). The minimum absolute atomic E-state index is 0.232. The Morgan fingerprint density at radius 1 is 1.06 bits per heavy atom. The van der Waals surface area contributed by atoms with Crippen molar-refractivity contribution >= 4 is 46.7 Å². The smallest absolute Gasteiger partial charge is 0.311 e. The average Bonchev–Trinajstić information content (AvgIpc) is 2.82. The van der Waals surface area contributed by atoms with Gasteiger partial charge in [-0.2, -0.15) is 0 Å². The molecule has 1 aliphatic heterocycles. The Morgan fingerprint density at radius 3 is 2.56 bits per heavy atom. The predicted molar refractivity (Wildman–Crippen MR) is 131 cm³/mol. The maximum Gasteiger partial charge on any atom is 0.311 e.